The molecule has 166 valence electrons. The van der Waals surface area contributed by atoms with Gasteiger partial charge in [0.15, 0.2) is 0 Å². The minimum atomic E-state index is -0.0423. The second-order valence-corrected chi connectivity index (χ2v) is 9.97. The van der Waals surface area contributed by atoms with Gasteiger partial charge >= 0.3 is 5.97 Å². The second kappa shape index (κ2) is 7.91. The summed E-state index contributed by atoms with van der Waals surface area (Å²) in [6, 6.07) is 7.20. The van der Waals surface area contributed by atoms with Gasteiger partial charge in [-0.1, -0.05) is 12.1 Å². The molecule has 6 rings (SSSR count). The zero-order valence-electron chi connectivity index (χ0n) is 18.4. The number of methoxy groups -OCH3 is 1. The number of nitrogens with zero attached hydrogens (tertiary/aromatic N) is 2. The molecule has 0 bridgehead atoms. The lowest BCUT2D eigenvalue weighted by Crippen LogP contribution is -2.52. The summed E-state index contributed by atoms with van der Waals surface area (Å²) in [5.74, 6) is 1.15. The van der Waals surface area contributed by atoms with E-state index in [-0.39, 0.29) is 11.9 Å². The number of hydrogen-bond acceptors (Lipinski definition) is 5. The molecule has 2 aromatic rings. The maximum absolute atomic E-state index is 12.5. The van der Waals surface area contributed by atoms with Crippen LogP contribution in [0.3, 0.4) is 0 Å². The number of ether oxygens (including phenoxy) is 2. The molecule has 3 fully saturated rings. The fourth-order valence-electron chi connectivity index (χ4n) is 6.26. The topological polar surface area (TPSA) is 57.8 Å². The Morgan fingerprint density at radius 2 is 2.10 bits per heavy atom. The number of rotatable bonds is 5. The molecule has 1 aromatic carbocycles. The Morgan fingerprint density at radius 1 is 1.26 bits per heavy atom. The summed E-state index contributed by atoms with van der Waals surface area (Å²) in [5.41, 5.74) is 5.57. The highest BCUT2D eigenvalue weighted by Crippen LogP contribution is 2.47. The number of benzene rings is 1. The normalized spacial score (nSPS) is 29.1. The minimum absolute atomic E-state index is 0.0198. The third kappa shape index (κ3) is 3.59. The highest BCUT2D eigenvalue weighted by atomic mass is 16.5. The van der Waals surface area contributed by atoms with Gasteiger partial charge in [-0.05, 0) is 48.8 Å². The van der Waals surface area contributed by atoms with Crippen molar-refractivity contribution in [2.45, 2.75) is 44.2 Å². The van der Waals surface area contributed by atoms with Crippen LogP contribution >= 0.6 is 0 Å². The van der Waals surface area contributed by atoms with E-state index >= 15 is 0 Å². The van der Waals surface area contributed by atoms with E-state index in [2.05, 4.69) is 33.0 Å². The Labute approximate surface area is 183 Å². The van der Waals surface area contributed by atoms with Crippen molar-refractivity contribution in [3.05, 3.63) is 35.0 Å². The number of nitrogens with one attached hydrogen (secondary N) is 1. The monoisotopic (exact) mass is 423 g/mol. The Bertz CT molecular complexity index is 976. The molecule has 1 unspecified atom stereocenters. The highest BCUT2D eigenvalue weighted by molar-refractivity contribution is 5.90. The lowest BCUT2D eigenvalue weighted by Gasteiger charge is -2.46. The number of aromatic nitrogens is 1. The number of piperidine rings is 1. The molecule has 2 saturated heterocycles. The van der Waals surface area contributed by atoms with Crippen molar-refractivity contribution in [3.8, 4) is 0 Å². The van der Waals surface area contributed by atoms with Crippen molar-refractivity contribution in [2.75, 3.05) is 46.5 Å². The fourth-order valence-corrected chi connectivity index (χ4v) is 6.26. The number of likely N-dealkylation sites (tertiary alicyclic amines) is 1. The molecule has 4 aliphatic rings. The molecular weight excluding hydrogens is 390 g/mol. The predicted octanol–water partition coefficient (Wildman–Crippen LogP) is 2.91. The summed E-state index contributed by atoms with van der Waals surface area (Å²) >= 11 is 0. The van der Waals surface area contributed by atoms with Crippen LogP contribution in [-0.4, -0.2) is 73.3 Å². The van der Waals surface area contributed by atoms with Crippen LogP contribution in [-0.2, 0) is 27.2 Å². The van der Waals surface area contributed by atoms with Crippen LogP contribution in [0.4, 0.5) is 0 Å². The first-order valence-electron chi connectivity index (χ1n) is 12.0. The molecule has 1 N–H and O–H groups in total. The van der Waals surface area contributed by atoms with Gasteiger partial charge in [-0.25, -0.2) is 0 Å². The smallest absolute Gasteiger partial charge is 0.309 e. The SMILES string of the molecule is COC(=O)[C@H]1CC2c3cccc4[nH]c(CN5CCOCC5)c(c34)C[C@H]2N(CC2CC2)C1. The number of fused-ring (bicyclic) bond motifs is 2. The van der Waals surface area contributed by atoms with Crippen molar-refractivity contribution < 1.29 is 14.3 Å². The van der Waals surface area contributed by atoms with E-state index in [1.165, 1.54) is 47.7 Å². The largest absolute Gasteiger partial charge is 0.469 e. The van der Waals surface area contributed by atoms with Gasteiger partial charge in [0.25, 0.3) is 0 Å². The van der Waals surface area contributed by atoms with Gasteiger partial charge in [0.05, 0.1) is 26.2 Å². The van der Waals surface area contributed by atoms with Crippen LogP contribution < -0.4 is 0 Å². The first kappa shape index (κ1) is 19.8. The van der Waals surface area contributed by atoms with Gasteiger partial charge in [-0.15, -0.1) is 0 Å². The zero-order valence-corrected chi connectivity index (χ0v) is 18.4. The van der Waals surface area contributed by atoms with Crippen molar-refractivity contribution in [3.63, 3.8) is 0 Å². The Morgan fingerprint density at radius 3 is 2.87 bits per heavy atom. The van der Waals surface area contributed by atoms with Gasteiger partial charge < -0.3 is 14.5 Å². The van der Waals surface area contributed by atoms with E-state index in [9.17, 15) is 4.79 Å². The van der Waals surface area contributed by atoms with Gasteiger partial charge in [0.1, 0.15) is 0 Å². The van der Waals surface area contributed by atoms with Gasteiger partial charge in [-0.3, -0.25) is 14.6 Å². The molecule has 0 amide bonds. The average Bonchev–Trinajstić information content (AvgIpc) is 3.56. The number of H-pyrrole nitrogens is 1. The third-order valence-corrected chi connectivity index (χ3v) is 8.00. The summed E-state index contributed by atoms with van der Waals surface area (Å²) in [6.45, 7) is 6.61. The highest BCUT2D eigenvalue weighted by Gasteiger charge is 2.45. The molecule has 2 aliphatic heterocycles. The van der Waals surface area contributed by atoms with Crippen LogP contribution in [0.1, 0.15) is 42.0 Å². The van der Waals surface area contributed by atoms with E-state index in [0.717, 1.165) is 64.7 Å². The van der Waals surface area contributed by atoms with Crippen molar-refractivity contribution in [1.29, 1.82) is 0 Å². The van der Waals surface area contributed by atoms with Crippen LogP contribution in [0.15, 0.2) is 18.2 Å². The number of morpholine rings is 1. The van der Waals surface area contributed by atoms with Crippen LogP contribution in [0.2, 0.25) is 0 Å². The molecule has 2 aliphatic carbocycles. The van der Waals surface area contributed by atoms with Crippen molar-refractivity contribution in [2.24, 2.45) is 11.8 Å². The summed E-state index contributed by atoms with van der Waals surface area (Å²) < 4.78 is 10.7. The maximum Gasteiger partial charge on any atom is 0.309 e. The molecule has 6 nitrogen and oxygen atoms in total. The van der Waals surface area contributed by atoms with Crippen molar-refractivity contribution >= 4 is 16.9 Å². The summed E-state index contributed by atoms with van der Waals surface area (Å²) in [6.07, 6.45) is 4.66. The maximum atomic E-state index is 12.5. The van der Waals surface area contributed by atoms with E-state index in [4.69, 9.17) is 9.47 Å². The van der Waals surface area contributed by atoms with Gasteiger partial charge in [0.2, 0.25) is 0 Å². The lowest BCUT2D eigenvalue weighted by molar-refractivity contribution is -0.148. The molecule has 3 atom stereocenters. The first-order valence-corrected chi connectivity index (χ1v) is 12.0. The Hall–Kier alpha value is -1.89. The summed E-state index contributed by atoms with van der Waals surface area (Å²) in [7, 11) is 1.53. The molecule has 3 heterocycles. The van der Waals surface area contributed by atoms with Crippen LogP contribution in [0.25, 0.3) is 10.9 Å². The molecule has 0 radical (unpaired) electrons. The number of aromatic amines is 1. The summed E-state index contributed by atoms with van der Waals surface area (Å²) in [4.78, 5) is 21.5. The second-order valence-electron chi connectivity index (χ2n) is 9.97. The van der Waals surface area contributed by atoms with E-state index in [1.807, 2.05) is 0 Å². The van der Waals surface area contributed by atoms with E-state index in [0.29, 0.717) is 12.0 Å². The van der Waals surface area contributed by atoms with Crippen LogP contribution in [0.5, 0.6) is 0 Å². The zero-order chi connectivity index (χ0) is 20.9. The quantitative estimate of drug-likeness (QED) is 0.750. The Kier molecular flexibility index (Phi) is 5.04. The predicted molar refractivity (Wildman–Crippen MR) is 119 cm³/mol. The summed E-state index contributed by atoms with van der Waals surface area (Å²) in [5, 5.41) is 1.42. The lowest BCUT2D eigenvalue weighted by atomic mass is 9.71. The minimum Gasteiger partial charge on any atom is -0.469 e. The number of carbonyl (C=O) groups excluding carboxylic acids is 1. The number of carbonyl (C=O) groups is 1. The third-order valence-electron chi connectivity index (χ3n) is 8.00. The Balaban J connectivity index is 1.38. The fraction of sp³-hybridized carbons (Fsp3) is 0.640. The molecule has 1 aromatic heterocycles. The van der Waals surface area contributed by atoms with Crippen LogP contribution in [0, 0.1) is 11.8 Å². The van der Waals surface area contributed by atoms with Gasteiger partial charge in [0, 0.05) is 61.3 Å². The standard InChI is InChI=1S/C25H33N3O3/c1-30-25(29)17-11-19-18-3-2-4-21-24(18)20(12-23(19)28(14-17)13-16-5-6-16)22(26-21)15-27-7-9-31-10-8-27/h2-4,16-17,19,23,26H,5-15H2,1H3/t17-,19?,23+/m0/s1. The molecule has 1 saturated carbocycles. The number of hydrogen-bond donors (Lipinski definition) is 1. The van der Waals surface area contributed by atoms with E-state index < -0.39 is 0 Å². The molecule has 6 heteroatoms. The molecular formula is C25H33N3O3. The first-order chi connectivity index (χ1) is 15.2. The van der Waals surface area contributed by atoms with Gasteiger partial charge in [-0.2, -0.15) is 0 Å². The van der Waals surface area contributed by atoms with Crippen molar-refractivity contribution in [1.82, 2.24) is 14.8 Å². The molecule has 0 spiro atoms. The van der Waals surface area contributed by atoms with E-state index in [1.54, 1.807) is 0 Å². The number of esters is 1. The average molecular weight is 424 g/mol. The molecule has 31 heavy (non-hydrogen) atoms.